The number of carbonyl (C=O) groups is 2. The Balaban J connectivity index is 1.57. The maximum atomic E-state index is 13.4. The molecule has 2 heterocycles. The number of furan rings is 1. The van der Waals surface area contributed by atoms with E-state index in [4.69, 9.17) is 25.5 Å². The van der Waals surface area contributed by atoms with Crippen molar-refractivity contribution in [2.45, 2.75) is 58.2 Å². The van der Waals surface area contributed by atoms with E-state index in [1.54, 1.807) is 19.2 Å². The van der Waals surface area contributed by atoms with Gasteiger partial charge in [0.2, 0.25) is 0 Å². The van der Waals surface area contributed by atoms with Crippen molar-refractivity contribution in [2.75, 3.05) is 13.7 Å². The number of halogens is 1. The van der Waals surface area contributed by atoms with E-state index < -0.39 is 11.7 Å². The number of benzene rings is 1. The predicted molar refractivity (Wildman–Crippen MR) is 113 cm³/mol. The van der Waals surface area contributed by atoms with Crippen molar-refractivity contribution in [1.82, 2.24) is 10.2 Å². The minimum absolute atomic E-state index is 0.0568. The number of hydrogen-bond acceptors (Lipinski definition) is 5. The summed E-state index contributed by atoms with van der Waals surface area (Å²) in [5, 5.41) is 4.04. The highest BCUT2D eigenvalue weighted by molar-refractivity contribution is 6.31. The lowest BCUT2D eigenvalue weighted by Crippen LogP contribution is -2.46. The second kappa shape index (κ2) is 7.38. The minimum atomic E-state index is -0.564. The molecule has 3 atom stereocenters. The molecule has 8 heteroatoms. The molecule has 2 amide bonds. The van der Waals surface area contributed by atoms with Crippen LogP contribution in [-0.2, 0) is 4.74 Å². The van der Waals surface area contributed by atoms with Crippen LogP contribution in [0.15, 0.2) is 16.5 Å². The van der Waals surface area contributed by atoms with Crippen molar-refractivity contribution in [3.05, 3.63) is 28.5 Å². The largest absolute Gasteiger partial charge is 0.496 e. The molecule has 4 rings (SSSR count). The monoisotopic (exact) mass is 434 g/mol. The van der Waals surface area contributed by atoms with E-state index in [2.05, 4.69) is 5.32 Å². The lowest BCUT2D eigenvalue weighted by Gasteiger charge is -2.28. The van der Waals surface area contributed by atoms with Gasteiger partial charge in [-0.2, -0.15) is 0 Å². The first kappa shape index (κ1) is 20.8. The Morgan fingerprint density at radius 1 is 1.27 bits per heavy atom. The molecule has 1 aromatic carbocycles. The van der Waals surface area contributed by atoms with Gasteiger partial charge in [-0.05, 0) is 70.2 Å². The van der Waals surface area contributed by atoms with Gasteiger partial charge in [0.1, 0.15) is 16.9 Å². The fourth-order valence-corrected chi connectivity index (χ4v) is 4.83. The number of nitrogens with one attached hydrogen (secondary N) is 1. The van der Waals surface area contributed by atoms with Crippen molar-refractivity contribution in [3.63, 3.8) is 0 Å². The van der Waals surface area contributed by atoms with Gasteiger partial charge in [-0.25, -0.2) is 4.79 Å². The summed E-state index contributed by atoms with van der Waals surface area (Å²) in [5.41, 5.74) is 1.22. The van der Waals surface area contributed by atoms with E-state index in [0.29, 0.717) is 23.4 Å². The quantitative estimate of drug-likeness (QED) is 0.767. The Kier molecular flexibility index (Phi) is 5.12. The van der Waals surface area contributed by atoms with Crippen molar-refractivity contribution < 1.29 is 23.5 Å². The summed E-state index contributed by atoms with van der Waals surface area (Å²) in [6, 6.07) is 3.28. The number of likely N-dealkylation sites (tertiary alicyclic amines) is 1. The van der Waals surface area contributed by atoms with Gasteiger partial charge >= 0.3 is 6.09 Å². The van der Waals surface area contributed by atoms with E-state index in [9.17, 15) is 9.59 Å². The molecule has 1 aliphatic carbocycles. The highest BCUT2D eigenvalue weighted by atomic mass is 35.5. The summed E-state index contributed by atoms with van der Waals surface area (Å²) >= 11 is 6.14. The molecule has 2 fully saturated rings. The Morgan fingerprint density at radius 3 is 2.67 bits per heavy atom. The van der Waals surface area contributed by atoms with Gasteiger partial charge in [-0.3, -0.25) is 4.79 Å². The molecule has 0 radical (unpaired) electrons. The van der Waals surface area contributed by atoms with Crippen LogP contribution >= 0.6 is 11.6 Å². The number of rotatable bonds is 3. The van der Waals surface area contributed by atoms with Crippen LogP contribution in [0.25, 0.3) is 11.0 Å². The average molecular weight is 435 g/mol. The maximum Gasteiger partial charge on any atom is 0.407 e. The molecule has 0 spiro atoms. The average Bonchev–Trinajstić information content (AvgIpc) is 3.30. The molecule has 2 aliphatic rings. The molecule has 7 nitrogen and oxygen atoms in total. The topological polar surface area (TPSA) is 81.0 Å². The lowest BCUT2D eigenvalue weighted by atomic mass is 10.1. The van der Waals surface area contributed by atoms with Gasteiger partial charge in [-0.15, -0.1) is 0 Å². The summed E-state index contributed by atoms with van der Waals surface area (Å²) < 4.78 is 16.5. The van der Waals surface area contributed by atoms with Crippen LogP contribution in [0.4, 0.5) is 4.79 Å². The molecule has 30 heavy (non-hydrogen) atoms. The molecule has 2 bridgehead atoms. The van der Waals surface area contributed by atoms with E-state index in [0.717, 1.165) is 23.8 Å². The van der Waals surface area contributed by atoms with Gasteiger partial charge in [0.15, 0.2) is 5.22 Å². The highest BCUT2D eigenvalue weighted by Gasteiger charge is 2.49. The number of alkyl carbamates (subject to hydrolysis) is 1. The molecule has 1 aliphatic heterocycles. The Bertz CT molecular complexity index is 1010. The van der Waals surface area contributed by atoms with Crippen LogP contribution in [-0.4, -0.2) is 48.2 Å². The van der Waals surface area contributed by atoms with Crippen LogP contribution in [0.1, 0.15) is 49.5 Å². The van der Waals surface area contributed by atoms with Crippen molar-refractivity contribution in [3.8, 4) is 5.75 Å². The Morgan fingerprint density at radius 2 is 2.00 bits per heavy atom. The van der Waals surface area contributed by atoms with Crippen LogP contribution in [0, 0.1) is 12.8 Å². The Hall–Kier alpha value is -2.41. The number of methoxy groups -OCH3 is 1. The van der Waals surface area contributed by atoms with Crippen LogP contribution in [0.5, 0.6) is 5.75 Å². The first-order valence-corrected chi connectivity index (χ1v) is 10.5. The van der Waals surface area contributed by atoms with Gasteiger partial charge in [0, 0.05) is 17.7 Å². The second-order valence-corrected chi connectivity index (χ2v) is 9.43. The fraction of sp³-hybridized carbons (Fsp3) is 0.545. The normalized spacial score (nSPS) is 23.1. The Labute approximate surface area is 180 Å². The molecule has 2 unspecified atom stereocenters. The van der Waals surface area contributed by atoms with Gasteiger partial charge in [0.05, 0.1) is 24.6 Å². The molecule has 1 saturated carbocycles. The van der Waals surface area contributed by atoms with Gasteiger partial charge in [0.25, 0.3) is 5.91 Å². The third-order valence-corrected chi connectivity index (χ3v) is 6.29. The number of amides is 2. The summed E-state index contributed by atoms with van der Waals surface area (Å²) in [7, 11) is 1.56. The number of hydrogen-bond donors (Lipinski definition) is 1. The zero-order valence-corrected chi connectivity index (χ0v) is 18.6. The van der Waals surface area contributed by atoms with Crippen LogP contribution in [0.3, 0.4) is 0 Å². The first-order valence-electron chi connectivity index (χ1n) is 10.2. The van der Waals surface area contributed by atoms with Crippen LogP contribution < -0.4 is 10.1 Å². The van der Waals surface area contributed by atoms with Gasteiger partial charge in [-0.1, -0.05) is 0 Å². The molecule has 2 aromatic rings. The summed E-state index contributed by atoms with van der Waals surface area (Å²) in [6.45, 7) is 7.94. The molecule has 1 aromatic heterocycles. The molecule has 1 saturated heterocycles. The van der Waals surface area contributed by atoms with Crippen molar-refractivity contribution >= 4 is 34.6 Å². The fourth-order valence-electron chi connectivity index (χ4n) is 4.65. The zero-order valence-electron chi connectivity index (χ0n) is 17.9. The summed E-state index contributed by atoms with van der Waals surface area (Å²) in [6.07, 6.45) is 1.38. The summed E-state index contributed by atoms with van der Waals surface area (Å²) in [4.78, 5) is 27.5. The second-order valence-electron chi connectivity index (χ2n) is 9.09. The van der Waals surface area contributed by atoms with E-state index in [1.165, 1.54) is 0 Å². The SMILES string of the molecule is COc1cc(C(=O)N2CC3CCC2[C@@H]3NC(=O)OC(C)(C)C)cc2oc(Cl)c(C)c12. The molecule has 1 N–H and O–H groups in total. The smallest absolute Gasteiger partial charge is 0.407 e. The van der Waals surface area contributed by atoms with E-state index in [-0.39, 0.29) is 29.1 Å². The van der Waals surface area contributed by atoms with E-state index in [1.807, 2.05) is 32.6 Å². The molecule has 162 valence electrons. The zero-order chi connectivity index (χ0) is 21.8. The van der Waals surface area contributed by atoms with Gasteiger partial charge < -0.3 is 24.1 Å². The molecular formula is C22H27ClN2O5. The third-order valence-electron chi connectivity index (χ3n) is 5.93. The number of aryl methyl sites for hydroxylation is 1. The number of nitrogens with zero attached hydrogens (tertiary/aromatic N) is 1. The lowest BCUT2D eigenvalue weighted by molar-refractivity contribution is 0.0485. The van der Waals surface area contributed by atoms with Crippen molar-refractivity contribution in [1.29, 1.82) is 0 Å². The third kappa shape index (κ3) is 3.60. The number of carbonyl (C=O) groups excluding carboxylic acids is 2. The van der Waals surface area contributed by atoms with Crippen LogP contribution in [0.2, 0.25) is 5.22 Å². The van der Waals surface area contributed by atoms with Crippen molar-refractivity contribution in [2.24, 2.45) is 5.92 Å². The standard InChI is InChI=1S/C22H27ClN2O5/c1-11-17-15(28-5)8-13(9-16(17)29-19(11)23)20(26)25-10-12-6-7-14(25)18(12)24-21(27)30-22(2,3)4/h8-9,12,14,18H,6-7,10H2,1-5H3,(H,24,27)/t12?,14?,18-/m1/s1. The minimum Gasteiger partial charge on any atom is -0.496 e. The molecular weight excluding hydrogens is 408 g/mol. The maximum absolute atomic E-state index is 13.4. The number of ether oxygens (including phenoxy) is 2. The predicted octanol–water partition coefficient (Wildman–Crippen LogP) is 4.53. The van der Waals surface area contributed by atoms with E-state index >= 15 is 0 Å². The number of fused-ring (bicyclic) bond motifs is 3. The highest BCUT2D eigenvalue weighted by Crippen LogP contribution is 2.41. The summed E-state index contributed by atoms with van der Waals surface area (Å²) in [5.74, 6) is 0.665. The first-order chi connectivity index (χ1) is 14.1. The number of piperidine rings is 1.